The normalized spacial score (nSPS) is 21.9. The summed E-state index contributed by atoms with van der Waals surface area (Å²) in [6.45, 7) is 6.31. The molecular formula is C20H32N4O. The van der Waals surface area contributed by atoms with Gasteiger partial charge >= 0.3 is 0 Å². The second-order valence-electron chi connectivity index (χ2n) is 7.28. The lowest BCUT2D eigenvalue weighted by Crippen LogP contribution is -2.43. The molecule has 2 fully saturated rings. The van der Waals surface area contributed by atoms with Crippen LogP contribution >= 0.6 is 0 Å². The maximum Gasteiger partial charge on any atom is 0.188 e. The van der Waals surface area contributed by atoms with Crippen molar-refractivity contribution in [2.75, 3.05) is 32.8 Å². The summed E-state index contributed by atoms with van der Waals surface area (Å²) < 4.78 is 5.52. The van der Waals surface area contributed by atoms with E-state index in [-0.39, 0.29) is 6.04 Å². The van der Waals surface area contributed by atoms with E-state index in [2.05, 4.69) is 41.4 Å². The Morgan fingerprint density at radius 2 is 2.04 bits per heavy atom. The van der Waals surface area contributed by atoms with Crippen molar-refractivity contribution in [2.45, 2.75) is 51.1 Å². The van der Waals surface area contributed by atoms with Gasteiger partial charge in [-0.15, -0.1) is 0 Å². The summed E-state index contributed by atoms with van der Waals surface area (Å²) >= 11 is 0. The van der Waals surface area contributed by atoms with Crippen LogP contribution in [0.25, 0.3) is 0 Å². The van der Waals surface area contributed by atoms with E-state index in [1.807, 2.05) is 0 Å². The Labute approximate surface area is 151 Å². The van der Waals surface area contributed by atoms with Gasteiger partial charge in [-0.05, 0) is 25.3 Å². The molecule has 25 heavy (non-hydrogen) atoms. The van der Waals surface area contributed by atoms with Crippen LogP contribution in [0.3, 0.4) is 0 Å². The highest BCUT2D eigenvalue weighted by Gasteiger charge is 2.23. The van der Waals surface area contributed by atoms with Crippen molar-refractivity contribution >= 4 is 5.96 Å². The van der Waals surface area contributed by atoms with Gasteiger partial charge in [-0.1, -0.05) is 49.1 Å². The SMILES string of the molecule is Cc1cccc(C(CN=C(N)NC2CCCCC2)N2CCOCC2)c1. The highest BCUT2D eigenvalue weighted by atomic mass is 16.5. The number of rotatable bonds is 5. The number of guanidine groups is 1. The lowest BCUT2D eigenvalue weighted by atomic mass is 9.96. The van der Waals surface area contributed by atoms with Crippen molar-refractivity contribution in [1.82, 2.24) is 10.2 Å². The molecule has 5 heteroatoms. The number of ether oxygens (including phenoxy) is 1. The van der Waals surface area contributed by atoms with E-state index in [0.29, 0.717) is 18.5 Å². The van der Waals surface area contributed by atoms with Gasteiger partial charge in [0, 0.05) is 19.1 Å². The molecule has 0 spiro atoms. The minimum Gasteiger partial charge on any atom is -0.379 e. The van der Waals surface area contributed by atoms with Gasteiger partial charge < -0.3 is 15.8 Å². The summed E-state index contributed by atoms with van der Waals surface area (Å²) in [5.41, 5.74) is 8.79. The molecule has 0 aromatic heterocycles. The molecule has 0 bridgehead atoms. The Balaban J connectivity index is 1.67. The topological polar surface area (TPSA) is 62.9 Å². The first-order valence-corrected chi connectivity index (χ1v) is 9.67. The molecule has 3 rings (SSSR count). The van der Waals surface area contributed by atoms with Crippen LogP contribution in [0, 0.1) is 6.92 Å². The van der Waals surface area contributed by atoms with E-state index in [1.165, 1.54) is 43.2 Å². The zero-order chi connectivity index (χ0) is 17.5. The predicted octanol–water partition coefficient (Wildman–Crippen LogP) is 2.61. The molecule has 1 aliphatic heterocycles. The van der Waals surface area contributed by atoms with Crippen molar-refractivity contribution in [1.29, 1.82) is 0 Å². The summed E-state index contributed by atoms with van der Waals surface area (Å²) in [6, 6.07) is 9.50. The largest absolute Gasteiger partial charge is 0.379 e. The number of nitrogens with zero attached hydrogens (tertiary/aromatic N) is 2. The van der Waals surface area contributed by atoms with E-state index in [1.54, 1.807) is 0 Å². The molecule has 5 nitrogen and oxygen atoms in total. The monoisotopic (exact) mass is 344 g/mol. The van der Waals surface area contributed by atoms with Crippen molar-refractivity contribution in [3.8, 4) is 0 Å². The summed E-state index contributed by atoms with van der Waals surface area (Å²) in [7, 11) is 0. The third-order valence-electron chi connectivity index (χ3n) is 5.31. The van der Waals surface area contributed by atoms with E-state index >= 15 is 0 Å². The Bertz CT molecular complexity index is 563. The molecule has 1 aromatic carbocycles. The molecular weight excluding hydrogens is 312 g/mol. The van der Waals surface area contributed by atoms with E-state index in [0.717, 1.165) is 26.3 Å². The fraction of sp³-hybridized carbons (Fsp3) is 0.650. The van der Waals surface area contributed by atoms with Crippen molar-refractivity contribution in [2.24, 2.45) is 10.7 Å². The van der Waals surface area contributed by atoms with Crippen LogP contribution in [0.4, 0.5) is 0 Å². The minimum absolute atomic E-state index is 0.260. The first-order valence-electron chi connectivity index (χ1n) is 9.67. The number of nitrogens with one attached hydrogen (secondary N) is 1. The fourth-order valence-corrected chi connectivity index (χ4v) is 3.88. The molecule has 0 radical (unpaired) electrons. The molecule has 3 N–H and O–H groups in total. The molecule has 1 aliphatic carbocycles. The van der Waals surface area contributed by atoms with Gasteiger partial charge in [0.15, 0.2) is 5.96 Å². The van der Waals surface area contributed by atoms with Gasteiger partial charge in [-0.3, -0.25) is 9.89 Å². The third kappa shape index (κ3) is 5.44. The van der Waals surface area contributed by atoms with Crippen LogP contribution in [0.2, 0.25) is 0 Å². The average molecular weight is 345 g/mol. The Kier molecular flexibility index (Phi) is 6.70. The van der Waals surface area contributed by atoms with Gasteiger partial charge in [0.25, 0.3) is 0 Å². The van der Waals surface area contributed by atoms with E-state index in [4.69, 9.17) is 15.5 Å². The molecule has 1 saturated heterocycles. The van der Waals surface area contributed by atoms with E-state index < -0.39 is 0 Å². The molecule has 1 heterocycles. The second kappa shape index (κ2) is 9.20. The molecule has 138 valence electrons. The summed E-state index contributed by atoms with van der Waals surface area (Å²) in [5, 5.41) is 3.42. The highest BCUT2D eigenvalue weighted by molar-refractivity contribution is 5.78. The summed E-state index contributed by atoms with van der Waals surface area (Å²) in [4.78, 5) is 7.17. The van der Waals surface area contributed by atoms with Crippen molar-refractivity contribution in [3.05, 3.63) is 35.4 Å². The number of aliphatic imine (C=N–C) groups is 1. The number of morpholine rings is 1. The maximum atomic E-state index is 6.19. The molecule has 1 atom stereocenters. The van der Waals surface area contributed by atoms with Gasteiger partial charge in [0.2, 0.25) is 0 Å². The average Bonchev–Trinajstić information content (AvgIpc) is 2.64. The molecule has 0 amide bonds. The van der Waals surface area contributed by atoms with Crippen molar-refractivity contribution < 1.29 is 4.74 Å². The van der Waals surface area contributed by atoms with Crippen LogP contribution in [0.15, 0.2) is 29.3 Å². The Morgan fingerprint density at radius 3 is 2.76 bits per heavy atom. The number of nitrogens with two attached hydrogens (primary N) is 1. The second-order valence-corrected chi connectivity index (χ2v) is 7.28. The van der Waals surface area contributed by atoms with Crippen LogP contribution in [-0.2, 0) is 4.74 Å². The van der Waals surface area contributed by atoms with Crippen LogP contribution < -0.4 is 11.1 Å². The summed E-state index contributed by atoms with van der Waals surface area (Å²) in [5.74, 6) is 0.595. The number of hydrogen-bond donors (Lipinski definition) is 2. The first-order chi connectivity index (χ1) is 12.2. The molecule has 1 unspecified atom stereocenters. The molecule has 1 aromatic rings. The first kappa shape index (κ1) is 18.2. The molecule has 2 aliphatic rings. The van der Waals surface area contributed by atoms with Gasteiger partial charge in [0.1, 0.15) is 0 Å². The van der Waals surface area contributed by atoms with Crippen LogP contribution in [0.5, 0.6) is 0 Å². The number of aryl methyl sites for hydroxylation is 1. The Morgan fingerprint density at radius 1 is 1.28 bits per heavy atom. The third-order valence-corrected chi connectivity index (χ3v) is 5.31. The maximum absolute atomic E-state index is 6.19. The number of benzene rings is 1. The smallest absolute Gasteiger partial charge is 0.188 e. The molecule has 1 saturated carbocycles. The van der Waals surface area contributed by atoms with Gasteiger partial charge in [-0.2, -0.15) is 0 Å². The quantitative estimate of drug-likeness (QED) is 0.637. The van der Waals surface area contributed by atoms with Gasteiger partial charge in [-0.25, -0.2) is 0 Å². The zero-order valence-corrected chi connectivity index (χ0v) is 15.4. The highest BCUT2D eigenvalue weighted by Crippen LogP contribution is 2.23. The minimum atomic E-state index is 0.260. The predicted molar refractivity (Wildman–Crippen MR) is 103 cm³/mol. The summed E-state index contributed by atoms with van der Waals surface area (Å²) in [6.07, 6.45) is 6.36. The Hall–Kier alpha value is -1.59. The van der Waals surface area contributed by atoms with Crippen molar-refractivity contribution in [3.63, 3.8) is 0 Å². The number of hydrogen-bond acceptors (Lipinski definition) is 3. The van der Waals surface area contributed by atoms with Crippen LogP contribution in [-0.4, -0.2) is 49.7 Å². The zero-order valence-electron chi connectivity index (χ0n) is 15.4. The standard InChI is InChI=1S/C20H32N4O/c1-16-6-5-7-17(14-16)19(24-10-12-25-13-11-24)15-22-20(21)23-18-8-3-2-4-9-18/h5-7,14,18-19H,2-4,8-13,15H2,1H3,(H3,21,22,23). The van der Waals surface area contributed by atoms with Gasteiger partial charge in [0.05, 0.1) is 25.8 Å². The van der Waals surface area contributed by atoms with E-state index in [9.17, 15) is 0 Å². The lowest BCUT2D eigenvalue weighted by Gasteiger charge is -2.34. The lowest BCUT2D eigenvalue weighted by molar-refractivity contribution is 0.0179. The van der Waals surface area contributed by atoms with Crippen LogP contribution in [0.1, 0.15) is 49.3 Å². The fourth-order valence-electron chi connectivity index (χ4n) is 3.88.